The fraction of sp³-hybridized carbons (Fsp3) is 0.273. The summed E-state index contributed by atoms with van der Waals surface area (Å²) in [4.78, 5) is 11.2. The van der Waals surface area contributed by atoms with Crippen LogP contribution in [-0.4, -0.2) is 17.1 Å². The number of benzene rings is 1. The first-order valence-corrected chi connectivity index (χ1v) is 5.37. The number of nitrogens with one attached hydrogen (secondary N) is 1. The molecule has 0 saturated carbocycles. The molecule has 7 heteroatoms. The van der Waals surface area contributed by atoms with E-state index < -0.39 is 18.5 Å². The van der Waals surface area contributed by atoms with Crippen LogP contribution in [0.3, 0.4) is 0 Å². The predicted molar refractivity (Wildman–Crippen MR) is 66.4 cm³/mol. The van der Waals surface area contributed by atoms with Gasteiger partial charge in [-0.15, -0.1) is 0 Å². The zero-order valence-electron chi connectivity index (χ0n) is 9.47. The predicted octanol–water partition coefficient (Wildman–Crippen LogP) is 2.52. The maximum Gasteiger partial charge on any atom is 0.397 e. The molecule has 0 aromatic heterocycles. The van der Waals surface area contributed by atoms with Crippen molar-refractivity contribution in [1.82, 2.24) is 0 Å². The molecule has 1 amide bonds. The Kier molecular flexibility index (Phi) is 4.28. The highest BCUT2D eigenvalue weighted by Crippen LogP contribution is 2.23. The summed E-state index contributed by atoms with van der Waals surface area (Å²) < 4.78 is 36.1. The average Bonchev–Trinajstić information content (AvgIpc) is 2.13. The Morgan fingerprint density at radius 3 is 2.56 bits per heavy atom. The molecule has 0 heterocycles. The fourth-order valence-corrected chi connectivity index (χ4v) is 1.75. The third-order valence-electron chi connectivity index (χ3n) is 2.15. The fourth-order valence-electron chi connectivity index (χ4n) is 1.48. The van der Waals surface area contributed by atoms with Gasteiger partial charge in [0.15, 0.2) is 0 Å². The summed E-state index contributed by atoms with van der Waals surface area (Å²) in [6, 6.07) is 4.75. The second-order valence-corrected chi connectivity index (χ2v) is 4.14. The van der Waals surface area contributed by atoms with Gasteiger partial charge in [0.05, 0.1) is 5.69 Å². The molecule has 3 nitrogen and oxygen atoms in total. The normalized spacial score (nSPS) is 11.1. The maximum absolute atomic E-state index is 12.0. The molecule has 0 unspecified atom stereocenters. The van der Waals surface area contributed by atoms with Crippen LogP contribution in [-0.2, 0) is 4.79 Å². The average molecular weight is 276 g/mol. The van der Waals surface area contributed by atoms with Crippen molar-refractivity contribution in [2.24, 2.45) is 5.73 Å². The van der Waals surface area contributed by atoms with Crippen LogP contribution in [0.1, 0.15) is 17.5 Å². The van der Waals surface area contributed by atoms with E-state index in [-0.39, 0.29) is 10.7 Å². The number of anilines is 1. The molecule has 3 N–H and O–H groups in total. The van der Waals surface area contributed by atoms with E-state index in [1.165, 1.54) is 6.07 Å². The summed E-state index contributed by atoms with van der Waals surface area (Å²) in [5.41, 5.74) is 6.73. The van der Waals surface area contributed by atoms with Crippen molar-refractivity contribution in [3.8, 4) is 0 Å². The van der Waals surface area contributed by atoms with E-state index in [0.29, 0.717) is 11.1 Å². The maximum atomic E-state index is 12.0. The van der Waals surface area contributed by atoms with E-state index in [0.717, 1.165) is 0 Å². The van der Waals surface area contributed by atoms with Gasteiger partial charge in [-0.05, 0) is 18.6 Å². The van der Waals surface area contributed by atoms with Gasteiger partial charge in [-0.25, -0.2) is 0 Å². The first-order chi connectivity index (χ1) is 8.20. The Balaban J connectivity index is 2.95. The lowest BCUT2D eigenvalue weighted by Crippen LogP contribution is -2.23. The summed E-state index contributed by atoms with van der Waals surface area (Å²) in [7, 11) is 0. The van der Waals surface area contributed by atoms with E-state index in [1.807, 2.05) is 0 Å². The highest BCUT2D eigenvalue weighted by Gasteiger charge is 2.31. The van der Waals surface area contributed by atoms with E-state index in [2.05, 4.69) is 5.32 Å². The number of rotatable bonds is 3. The largest absolute Gasteiger partial charge is 0.397 e. The minimum absolute atomic E-state index is 0.0235. The molecule has 0 saturated heterocycles. The Labute approximate surface area is 107 Å². The van der Waals surface area contributed by atoms with Gasteiger partial charge in [0.1, 0.15) is 11.4 Å². The second kappa shape index (κ2) is 5.34. The molecular weight excluding hydrogens is 265 g/mol. The Morgan fingerprint density at radius 2 is 2.06 bits per heavy atom. The zero-order valence-corrected chi connectivity index (χ0v) is 10.3. The van der Waals surface area contributed by atoms with Crippen LogP contribution >= 0.6 is 12.2 Å². The Morgan fingerprint density at radius 1 is 1.44 bits per heavy atom. The van der Waals surface area contributed by atoms with Crippen molar-refractivity contribution in [3.63, 3.8) is 0 Å². The molecule has 1 rings (SSSR count). The van der Waals surface area contributed by atoms with Crippen LogP contribution in [0, 0.1) is 6.92 Å². The summed E-state index contributed by atoms with van der Waals surface area (Å²) >= 11 is 4.80. The van der Waals surface area contributed by atoms with Gasteiger partial charge >= 0.3 is 6.18 Å². The first-order valence-electron chi connectivity index (χ1n) is 4.96. The van der Waals surface area contributed by atoms with Gasteiger partial charge in [-0.2, -0.15) is 13.2 Å². The number of aryl methyl sites for hydroxylation is 1. The van der Waals surface area contributed by atoms with Gasteiger partial charge in [0.25, 0.3) is 0 Å². The van der Waals surface area contributed by atoms with Gasteiger partial charge < -0.3 is 11.1 Å². The Bertz CT molecular complexity index is 486. The number of halogens is 3. The second-order valence-electron chi connectivity index (χ2n) is 3.70. The highest BCUT2D eigenvalue weighted by atomic mass is 32.1. The van der Waals surface area contributed by atoms with Gasteiger partial charge in [0, 0.05) is 5.56 Å². The summed E-state index contributed by atoms with van der Waals surface area (Å²) in [6.07, 6.45) is -6.09. The monoisotopic (exact) mass is 276 g/mol. The molecule has 1 aromatic carbocycles. The van der Waals surface area contributed by atoms with E-state index >= 15 is 0 Å². The molecule has 0 radical (unpaired) electrons. The molecule has 1 aromatic rings. The first kappa shape index (κ1) is 14.4. The van der Waals surface area contributed by atoms with Crippen LogP contribution in [0.15, 0.2) is 18.2 Å². The van der Waals surface area contributed by atoms with E-state index in [9.17, 15) is 18.0 Å². The van der Waals surface area contributed by atoms with Crippen LogP contribution in [0.25, 0.3) is 0 Å². The zero-order chi connectivity index (χ0) is 13.9. The third-order valence-corrected chi connectivity index (χ3v) is 2.36. The minimum Gasteiger partial charge on any atom is -0.389 e. The van der Waals surface area contributed by atoms with Crippen molar-refractivity contribution in [3.05, 3.63) is 29.3 Å². The molecule has 0 bridgehead atoms. The van der Waals surface area contributed by atoms with Crippen LogP contribution in [0.2, 0.25) is 0 Å². The number of amides is 1. The molecule has 0 atom stereocenters. The van der Waals surface area contributed by atoms with Gasteiger partial charge in [-0.3, -0.25) is 4.79 Å². The molecule has 0 spiro atoms. The van der Waals surface area contributed by atoms with Crippen LogP contribution in [0.5, 0.6) is 0 Å². The number of carbonyl (C=O) groups is 1. The van der Waals surface area contributed by atoms with Crippen molar-refractivity contribution < 1.29 is 18.0 Å². The van der Waals surface area contributed by atoms with E-state index in [4.69, 9.17) is 18.0 Å². The molecule has 18 heavy (non-hydrogen) atoms. The lowest BCUT2D eigenvalue weighted by molar-refractivity contribution is -0.150. The molecular formula is C11H11F3N2OS. The summed E-state index contributed by atoms with van der Waals surface area (Å²) in [6.45, 7) is 1.70. The number of thiocarbonyl (C=S) groups is 1. The lowest BCUT2D eigenvalue weighted by atomic mass is 10.1. The van der Waals surface area contributed by atoms with Gasteiger partial charge in [0.2, 0.25) is 5.91 Å². The number of hydrogen-bond donors (Lipinski definition) is 2. The topological polar surface area (TPSA) is 55.1 Å². The van der Waals surface area contributed by atoms with Gasteiger partial charge in [-0.1, -0.05) is 24.4 Å². The SMILES string of the molecule is Cc1cccc(NC(=O)CC(F)(F)F)c1C(N)=S. The lowest BCUT2D eigenvalue weighted by Gasteiger charge is -2.13. The number of nitrogens with two attached hydrogens (primary N) is 1. The quantitative estimate of drug-likeness (QED) is 0.834. The van der Waals surface area contributed by atoms with Crippen LogP contribution in [0.4, 0.5) is 18.9 Å². The third kappa shape index (κ3) is 3.99. The van der Waals surface area contributed by atoms with Crippen molar-refractivity contribution >= 4 is 28.8 Å². The molecule has 0 aliphatic carbocycles. The number of alkyl halides is 3. The molecule has 0 fully saturated rings. The van der Waals surface area contributed by atoms with Crippen molar-refractivity contribution in [1.29, 1.82) is 0 Å². The van der Waals surface area contributed by atoms with Crippen molar-refractivity contribution in [2.45, 2.75) is 19.5 Å². The van der Waals surface area contributed by atoms with E-state index in [1.54, 1.807) is 19.1 Å². The minimum atomic E-state index is -4.54. The Hall–Kier alpha value is -1.63. The molecule has 0 aliphatic heterocycles. The standard InChI is InChI=1S/C11H11F3N2OS/c1-6-3-2-4-7(9(6)10(15)18)16-8(17)5-11(12,13)14/h2-4H,5H2,1H3,(H2,15,18)(H,16,17). The number of carbonyl (C=O) groups excluding carboxylic acids is 1. The van der Waals surface area contributed by atoms with Crippen molar-refractivity contribution in [2.75, 3.05) is 5.32 Å². The summed E-state index contributed by atoms with van der Waals surface area (Å²) in [5.74, 6) is -1.15. The number of hydrogen-bond acceptors (Lipinski definition) is 2. The highest BCUT2D eigenvalue weighted by molar-refractivity contribution is 7.80. The molecule has 98 valence electrons. The summed E-state index contributed by atoms with van der Waals surface area (Å²) in [5, 5.41) is 2.16. The molecule has 0 aliphatic rings. The smallest absolute Gasteiger partial charge is 0.389 e. The van der Waals surface area contributed by atoms with Crippen LogP contribution < -0.4 is 11.1 Å².